The Balaban J connectivity index is 1.89. The number of hydrogen-bond donors (Lipinski definition) is 1. The van der Waals surface area contributed by atoms with Gasteiger partial charge in [0.25, 0.3) is 11.7 Å². The molecule has 1 aliphatic heterocycles. The Hall–Kier alpha value is -4.06. The molecule has 0 spiro atoms. The number of carbonyl (C=O) groups excluding carboxylic acids is 2. The van der Waals surface area contributed by atoms with Gasteiger partial charge in [-0.25, -0.2) is 0 Å². The van der Waals surface area contributed by atoms with E-state index in [0.717, 1.165) is 27.8 Å². The smallest absolute Gasteiger partial charge is 0.295 e. The summed E-state index contributed by atoms with van der Waals surface area (Å²) in [5, 5.41) is 11.6. The Labute approximate surface area is 224 Å². The van der Waals surface area contributed by atoms with Gasteiger partial charge in [0, 0.05) is 12.1 Å². The molecule has 0 radical (unpaired) electrons. The maximum Gasteiger partial charge on any atom is 0.295 e. The van der Waals surface area contributed by atoms with Crippen molar-refractivity contribution in [3.8, 4) is 11.5 Å². The van der Waals surface area contributed by atoms with Crippen molar-refractivity contribution < 1.29 is 24.2 Å². The third-order valence-electron chi connectivity index (χ3n) is 7.12. The lowest BCUT2D eigenvalue weighted by atomic mass is 9.85. The number of aliphatic hydroxyl groups excluding tert-OH is 1. The van der Waals surface area contributed by atoms with Gasteiger partial charge in [0.15, 0.2) is 0 Å². The Morgan fingerprint density at radius 2 is 1.61 bits per heavy atom. The molecule has 198 valence electrons. The van der Waals surface area contributed by atoms with Gasteiger partial charge in [-0.2, -0.15) is 0 Å². The number of methoxy groups -OCH3 is 2. The number of aryl methyl sites for hydroxylation is 2. The fourth-order valence-electron chi connectivity index (χ4n) is 4.93. The molecule has 4 rings (SSSR count). The van der Waals surface area contributed by atoms with E-state index in [1.807, 2.05) is 68.4 Å². The van der Waals surface area contributed by atoms with Crippen LogP contribution in [0, 0.1) is 13.8 Å². The first kappa shape index (κ1) is 27.0. The number of benzene rings is 3. The van der Waals surface area contributed by atoms with E-state index >= 15 is 0 Å². The van der Waals surface area contributed by atoms with Gasteiger partial charge >= 0.3 is 0 Å². The second-order valence-electron chi connectivity index (χ2n) is 10.8. The van der Waals surface area contributed by atoms with Gasteiger partial charge in [-0.15, -0.1) is 0 Å². The van der Waals surface area contributed by atoms with Crippen molar-refractivity contribution in [3.05, 3.63) is 99.6 Å². The van der Waals surface area contributed by atoms with Crippen molar-refractivity contribution >= 4 is 17.4 Å². The molecule has 1 saturated heterocycles. The van der Waals surface area contributed by atoms with Gasteiger partial charge < -0.3 is 19.5 Å². The Morgan fingerprint density at radius 3 is 2.21 bits per heavy atom. The summed E-state index contributed by atoms with van der Waals surface area (Å²) in [6.45, 7) is 10.3. The number of rotatable bonds is 6. The monoisotopic (exact) mass is 513 g/mol. The molecule has 0 saturated carbocycles. The molecule has 1 fully saturated rings. The molecule has 3 aromatic rings. The number of amides is 1. The van der Waals surface area contributed by atoms with Crippen molar-refractivity contribution in [1.29, 1.82) is 0 Å². The second kappa shape index (κ2) is 10.4. The maximum absolute atomic E-state index is 13.5. The van der Waals surface area contributed by atoms with Crippen LogP contribution in [-0.2, 0) is 21.5 Å². The third-order valence-corrected chi connectivity index (χ3v) is 7.12. The van der Waals surface area contributed by atoms with Crippen molar-refractivity contribution in [2.24, 2.45) is 0 Å². The molecule has 38 heavy (non-hydrogen) atoms. The molecule has 1 aliphatic rings. The first-order chi connectivity index (χ1) is 18.0. The average molecular weight is 514 g/mol. The maximum atomic E-state index is 13.5. The second-order valence-corrected chi connectivity index (χ2v) is 10.8. The van der Waals surface area contributed by atoms with Gasteiger partial charge in [-0.1, -0.05) is 57.2 Å². The van der Waals surface area contributed by atoms with Crippen molar-refractivity contribution in [2.75, 3.05) is 14.2 Å². The average Bonchev–Trinajstić information content (AvgIpc) is 3.14. The Morgan fingerprint density at radius 1 is 0.921 bits per heavy atom. The van der Waals surface area contributed by atoms with Crippen molar-refractivity contribution in [1.82, 2.24) is 4.90 Å². The van der Waals surface area contributed by atoms with Gasteiger partial charge in [-0.05, 0) is 71.3 Å². The lowest BCUT2D eigenvalue weighted by molar-refractivity contribution is -0.140. The zero-order valence-corrected chi connectivity index (χ0v) is 23.1. The van der Waals surface area contributed by atoms with E-state index in [-0.39, 0.29) is 23.3 Å². The summed E-state index contributed by atoms with van der Waals surface area (Å²) in [5.74, 6) is -0.198. The van der Waals surface area contributed by atoms with Crippen LogP contribution < -0.4 is 9.47 Å². The van der Waals surface area contributed by atoms with E-state index in [1.54, 1.807) is 20.3 Å². The SMILES string of the molecule is COc1cccc(CN2C(=O)C(=O)/C(=C(/O)c3cc(C)c(OC)cc3C)C2c2ccc(C(C)(C)C)cc2)c1. The molecule has 0 aliphatic carbocycles. The molecule has 0 bridgehead atoms. The number of ether oxygens (including phenoxy) is 2. The molecule has 1 unspecified atom stereocenters. The highest BCUT2D eigenvalue weighted by atomic mass is 16.5. The van der Waals surface area contributed by atoms with Gasteiger partial charge in [0.05, 0.1) is 25.8 Å². The predicted molar refractivity (Wildman–Crippen MR) is 148 cm³/mol. The normalized spacial score (nSPS) is 17.1. The number of hydrogen-bond acceptors (Lipinski definition) is 5. The highest BCUT2D eigenvalue weighted by Gasteiger charge is 2.46. The first-order valence-corrected chi connectivity index (χ1v) is 12.6. The zero-order valence-electron chi connectivity index (χ0n) is 23.1. The van der Waals surface area contributed by atoms with Gasteiger partial charge in [-0.3, -0.25) is 9.59 Å². The standard InChI is InChI=1S/C32H35NO5/c1-19-16-26(38-7)20(2)15-25(19)29(34)27-28(22-11-13-23(14-12-22)32(3,4)5)33(31(36)30(27)35)18-21-9-8-10-24(17-21)37-6/h8-17,28,34H,18H2,1-7H3/b29-27+. The van der Waals surface area contributed by atoms with Crippen LogP contribution in [0.4, 0.5) is 0 Å². The molecule has 1 heterocycles. The minimum Gasteiger partial charge on any atom is -0.507 e. The number of likely N-dealkylation sites (tertiary alicyclic amines) is 1. The summed E-state index contributed by atoms with van der Waals surface area (Å²) in [4.78, 5) is 28.5. The van der Waals surface area contributed by atoms with E-state index in [1.165, 1.54) is 4.90 Å². The van der Waals surface area contributed by atoms with E-state index < -0.39 is 17.7 Å². The van der Waals surface area contributed by atoms with Gasteiger partial charge in [0.1, 0.15) is 17.3 Å². The largest absolute Gasteiger partial charge is 0.507 e. The topological polar surface area (TPSA) is 76.1 Å². The van der Waals surface area contributed by atoms with Crippen LogP contribution in [0.15, 0.2) is 66.2 Å². The summed E-state index contributed by atoms with van der Waals surface area (Å²) in [5.41, 5.74) is 4.78. The quantitative estimate of drug-likeness (QED) is 0.240. The van der Waals surface area contributed by atoms with E-state index in [9.17, 15) is 14.7 Å². The lowest BCUT2D eigenvalue weighted by Gasteiger charge is -2.27. The summed E-state index contributed by atoms with van der Waals surface area (Å²) < 4.78 is 10.8. The fraction of sp³-hybridized carbons (Fsp3) is 0.312. The molecule has 1 N–H and O–H groups in total. The number of nitrogens with zero attached hydrogens (tertiary/aromatic N) is 1. The molecular weight excluding hydrogens is 478 g/mol. The van der Waals surface area contributed by atoms with Crippen LogP contribution in [0.1, 0.15) is 60.2 Å². The first-order valence-electron chi connectivity index (χ1n) is 12.6. The summed E-state index contributed by atoms with van der Waals surface area (Å²) >= 11 is 0. The van der Waals surface area contributed by atoms with Crippen LogP contribution in [-0.4, -0.2) is 35.9 Å². The van der Waals surface area contributed by atoms with Crippen LogP contribution in [0.3, 0.4) is 0 Å². The van der Waals surface area contributed by atoms with E-state index in [2.05, 4.69) is 20.8 Å². The predicted octanol–water partition coefficient (Wildman–Crippen LogP) is 6.24. The third kappa shape index (κ3) is 5.03. The fourth-order valence-corrected chi connectivity index (χ4v) is 4.93. The van der Waals surface area contributed by atoms with Crippen LogP contribution in [0.25, 0.3) is 5.76 Å². The zero-order chi connectivity index (χ0) is 27.8. The lowest BCUT2D eigenvalue weighted by Crippen LogP contribution is -2.29. The summed E-state index contributed by atoms with van der Waals surface area (Å²) in [6, 6.07) is 18.2. The van der Waals surface area contributed by atoms with E-state index in [0.29, 0.717) is 17.1 Å². The van der Waals surface area contributed by atoms with Crippen LogP contribution in [0.5, 0.6) is 11.5 Å². The van der Waals surface area contributed by atoms with Crippen LogP contribution >= 0.6 is 0 Å². The van der Waals surface area contributed by atoms with E-state index in [4.69, 9.17) is 9.47 Å². The Bertz CT molecular complexity index is 1410. The molecule has 0 aromatic heterocycles. The molecule has 3 aromatic carbocycles. The van der Waals surface area contributed by atoms with Crippen molar-refractivity contribution in [2.45, 2.75) is 52.6 Å². The van der Waals surface area contributed by atoms with Crippen molar-refractivity contribution in [3.63, 3.8) is 0 Å². The minimum absolute atomic E-state index is 0.0569. The molecule has 6 nitrogen and oxygen atoms in total. The number of ketones is 1. The Kier molecular flexibility index (Phi) is 7.36. The molecule has 6 heteroatoms. The van der Waals surface area contributed by atoms with Crippen LogP contribution in [0.2, 0.25) is 0 Å². The number of carbonyl (C=O) groups is 2. The molecular formula is C32H35NO5. The highest BCUT2D eigenvalue weighted by Crippen LogP contribution is 2.42. The van der Waals surface area contributed by atoms with Gasteiger partial charge in [0.2, 0.25) is 0 Å². The summed E-state index contributed by atoms with van der Waals surface area (Å²) in [6.07, 6.45) is 0. The number of Topliss-reactive ketones (excluding diaryl/α,β-unsaturated/α-hetero) is 1. The minimum atomic E-state index is -0.753. The summed E-state index contributed by atoms with van der Waals surface area (Å²) in [7, 11) is 3.17. The number of aliphatic hydroxyl groups is 1. The highest BCUT2D eigenvalue weighted by molar-refractivity contribution is 6.46. The molecule has 1 atom stereocenters. The molecule has 1 amide bonds.